The molecule has 2 aromatic carbocycles. The van der Waals surface area contributed by atoms with Crippen LogP contribution in [0.2, 0.25) is 0 Å². The molecule has 0 aliphatic carbocycles. The quantitative estimate of drug-likeness (QED) is 0.439. The van der Waals surface area contributed by atoms with E-state index in [4.69, 9.17) is 29.8 Å². The summed E-state index contributed by atoms with van der Waals surface area (Å²) < 4.78 is 22.6. The van der Waals surface area contributed by atoms with E-state index in [9.17, 15) is 4.79 Å². The number of carbonyl (C=O) groups excluding carboxylic acids is 1. The van der Waals surface area contributed by atoms with Crippen molar-refractivity contribution in [2.45, 2.75) is 31.5 Å². The van der Waals surface area contributed by atoms with Crippen molar-refractivity contribution in [3.63, 3.8) is 0 Å². The Morgan fingerprint density at radius 1 is 1.16 bits per heavy atom. The molecule has 0 unspecified atom stereocenters. The lowest BCUT2D eigenvalue weighted by Crippen LogP contribution is -2.29. The number of rotatable bonds is 8. The van der Waals surface area contributed by atoms with E-state index in [0.29, 0.717) is 48.7 Å². The molecule has 0 bridgehead atoms. The number of anilines is 2. The average molecular weight is 426 g/mol. The van der Waals surface area contributed by atoms with Crippen LogP contribution in [-0.2, 0) is 14.3 Å². The molecule has 4 N–H and O–H groups in total. The second kappa shape index (κ2) is 9.72. The molecule has 0 saturated carbocycles. The predicted octanol–water partition coefficient (Wildman–Crippen LogP) is 3.14. The number of fused-ring (bicyclic) bond motifs is 1. The maximum absolute atomic E-state index is 12.9. The highest BCUT2D eigenvalue weighted by molar-refractivity contribution is 6.04. The van der Waals surface area contributed by atoms with Gasteiger partial charge in [-0.1, -0.05) is 18.2 Å². The predicted molar refractivity (Wildman–Crippen MR) is 115 cm³/mol. The van der Waals surface area contributed by atoms with Gasteiger partial charge in [0.2, 0.25) is 13.1 Å². The first-order valence-corrected chi connectivity index (χ1v) is 10.3. The molecule has 8 heteroatoms. The Hall–Kier alpha value is -3.23. The second-order valence-corrected chi connectivity index (χ2v) is 7.38. The van der Waals surface area contributed by atoms with Crippen LogP contribution >= 0.6 is 0 Å². The van der Waals surface area contributed by atoms with Gasteiger partial charge in [-0.25, -0.2) is 0 Å². The SMILES string of the molecule is Nc1ccccc1NC(=O)C1=C[C@H](c2ccc3c(c2)OCO3)C[C@H](OCCCCO)O1. The van der Waals surface area contributed by atoms with E-state index < -0.39 is 12.2 Å². The minimum atomic E-state index is -0.590. The summed E-state index contributed by atoms with van der Waals surface area (Å²) in [6.45, 7) is 0.742. The summed E-state index contributed by atoms with van der Waals surface area (Å²) in [7, 11) is 0. The molecule has 2 aliphatic heterocycles. The summed E-state index contributed by atoms with van der Waals surface area (Å²) in [5, 5.41) is 11.8. The summed E-state index contributed by atoms with van der Waals surface area (Å²) >= 11 is 0. The van der Waals surface area contributed by atoms with Crippen molar-refractivity contribution in [2.24, 2.45) is 0 Å². The van der Waals surface area contributed by atoms with Crippen LogP contribution in [0.3, 0.4) is 0 Å². The summed E-state index contributed by atoms with van der Waals surface area (Å²) in [5.41, 5.74) is 7.90. The molecule has 2 aromatic rings. The van der Waals surface area contributed by atoms with Gasteiger partial charge in [0.15, 0.2) is 17.3 Å². The second-order valence-electron chi connectivity index (χ2n) is 7.38. The van der Waals surface area contributed by atoms with Crippen molar-refractivity contribution in [3.05, 3.63) is 59.9 Å². The van der Waals surface area contributed by atoms with Gasteiger partial charge in [-0.2, -0.15) is 0 Å². The number of benzene rings is 2. The fourth-order valence-electron chi connectivity index (χ4n) is 3.52. The Kier molecular flexibility index (Phi) is 6.59. The zero-order valence-electron chi connectivity index (χ0n) is 17.1. The molecule has 31 heavy (non-hydrogen) atoms. The zero-order chi connectivity index (χ0) is 21.6. The first kappa shape index (κ1) is 21.0. The minimum Gasteiger partial charge on any atom is -0.459 e. The maximum Gasteiger partial charge on any atom is 0.290 e. The number of ether oxygens (including phenoxy) is 4. The molecule has 2 aliphatic rings. The summed E-state index contributed by atoms with van der Waals surface area (Å²) in [6.07, 6.45) is 3.10. The maximum atomic E-state index is 12.9. The van der Waals surface area contributed by atoms with E-state index in [2.05, 4.69) is 5.32 Å². The zero-order valence-corrected chi connectivity index (χ0v) is 17.1. The van der Waals surface area contributed by atoms with Crippen molar-refractivity contribution in [1.82, 2.24) is 0 Å². The molecule has 4 rings (SSSR count). The average Bonchev–Trinajstić information content (AvgIpc) is 3.26. The molecule has 0 fully saturated rings. The van der Waals surface area contributed by atoms with Crippen molar-refractivity contribution in [2.75, 3.05) is 31.1 Å². The number of unbranched alkanes of at least 4 members (excludes halogenated alkanes) is 1. The third-order valence-corrected chi connectivity index (χ3v) is 5.17. The van der Waals surface area contributed by atoms with Gasteiger partial charge in [0, 0.05) is 18.9 Å². The van der Waals surface area contributed by atoms with Gasteiger partial charge in [-0.15, -0.1) is 0 Å². The van der Waals surface area contributed by atoms with Gasteiger partial charge in [0.05, 0.1) is 18.0 Å². The number of allylic oxidation sites excluding steroid dienone is 1. The third-order valence-electron chi connectivity index (χ3n) is 5.17. The summed E-state index contributed by atoms with van der Waals surface area (Å²) in [6, 6.07) is 12.8. The molecule has 0 radical (unpaired) electrons. The van der Waals surface area contributed by atoms with Crippen LogP contribution in [0.15, 0.2) is 54.3 Å². The van der Waals surface area contributed by atoms with E-state index in [1.165, 1.54) is 0 Å². The van der Waals surface area contributed by atoms with Crippen LogP contribution < -0.4 is 20.5 Å². The van der Waals surface area contributed by atoms with Gasteiger partial charge < -0.3 is 35.1 Å². The number of nitrogens with two attached hydrogens (primary N) is 1. The monoisotopic (exact) mass is 426 g/mol. The normalized spacial score (nSPS) is 19.5. The van der Waals surface area contributed by atoms with Crippen LogP contribution in [0, 0.1) is 0 Å². The van der Waals surface area contributed by atoms with E-state index >= 15 is 0 Å². The Labute approximate surface area is 180 Å². The van der Waals surface area contributed by atoms with Gasteiger partial charge >= 0.3 is 0 Å². The van der Waals surface area contributed by atoms with Gasteiger partial charge in [-0.3, -0.25) is 4.79 Å². The highest BCUT2D eigenvalue weighted by atomic mass is 16.7. The molecule has 2 heterocycles. The lowest BCUT2D eigenvalue weighted by atomic mass is 9.92. The number of nitrogens with one attached hydrogen (secondary N) is 1. The van der Waals surface area contributed by atoms with E-state index in [1.807, 2.05) is 18.2 Å². The van der Waals surface area contributed by atoms with Gasteiger partial charge in [-0.05, 0) is 48.7 Å². The van der Waals surface area contributed by atoms with Crippen molar-refractivity contribution in [1.29, 1.82) is 0 Å². The van der Waals surface area contributed by atoms with Crippen molar-refractivity contribution >= 4 is 17.3 Å². The number of amides is 1. The Balaban J connectivity index is 1.54. The fourth-order valence-corrected chi connectivity index (χ4v) is 3.52. The molecule has 164 valence electrons. The fraction of sp³-hybridized carbons (Fsp3) is 0.348. The first-order valence-electron chi connectivity index (χ1n) is 10.3. The van der Waals surface area contributed by atoms with Crippen molar-refractivity contribution in [3.8, 4) is 11.5 Å². The van der Waals surface area contributed by atoms with E-state index in [0.717, 1.165) is 5.56 Å². The van der Waals surface area contributed by atoms with Crippen LogP contribution in [0.1, 0.15) is 30.7 Å². The smallest absolute Gasteiger partial charge is 0.290 e. The standard InChI is InChI=1S/C23H26N2O6/c24-17-5-1-2-6-18(17)25-23(27)21-12-16(13-22(31-21)28-10-4-3-9-26)15-7-8-19-20(11-15)30-14-29-19/h1-2,5-8,11-12,16,22,26H,3-4,9-10,13-14,24H2,(H,25,27)/t16-,22+/m0/s1. The van der Waals surface area contributed by atoms with Crippen LogP contribution in [0.25, 0.3) is 0 Å². The molecule has 0 spiro atoms. The molecular weight excluding hydrogens is 400 g/mol. The molecule has 8 nitrogen and oxygen atoms in total. The lowest BCUT2D eigenvalue weighted by Gasteiger charge is -2.29. The van der Waals surface area contributed by atoms with Gasteiger partial charge in [0.1, 0.15) is 0 Å². The van der Waals surface area contributed by atoms with Crippen LogP contribution in [0.4, 0.5) is 11.4 Å². The third kappa shape index (κ3) is 5.10. The van der Waals surface area contributed by atoms with Crippen LogP contribution in [-0.4, -0.2) is 37.3 Å². The summed E-state index contributed by atoms with van der Waals surface area (Å²) in [4.78, 5) is 12.9. The van der Waals surface area contributed by atoms with Crippen LogP contribution in [0.5, 0.6) is 11.5 Å². The van der Waals surface area contributed by atoms with E-state index in [-0.39, 0.29) is 25.1 Å². The number of hydrogen-bond donors (Lipinski definition) is 3. The number of hydrogen-bond acceptors (Lipinski definition) is 7. The molecule has 2 atom stereocenters. The number of nitrogen functional groups attached to an aromatic ring is 1. The first-order chi connectivity index (χ1) is 15.1. The highest BCUT2D eigenvalue weighted by Gasteiger charge is 2.30. The number of para-hydroxylation sites is 2. The Bertz CT molecular complexity index is 961. The molecular formula is C23H26N2O6. The minimum absolute atomic E-state index is 0.111. The molecule has 0 aromatic heterocycles. The number of aliphatic hydroxyl groups excluding tert-OH is 1. The van der Waals surface area contributed by atoms with Crippen molar-refractivity contribution < 1.29 is 28.8 Å². The lowest BCUT2D eigenvalue weighted by molar-refractivity contribution is -0.143. The Morgan fingerprint density at radius 3 is 2.84 bits per heavy atom. The summed E-state index contributed by atoms with van der Waals surface area (Å²) in [5.74, 6) is 1.05. The van der Waals surface area contributed by atoms with E-state index in [1.54, 1.807) is 30.3 Å². The number of carbonyl (C=O) groups is 1. The Morgan fingerprint density at radius 2 is 2.00 bits per heavy atom. The number of aliphatic hydroxyl groups is 1. The topological polar surface area (TPSA) is 112 Å². The molecule has 1 amide bonds. The molecule has 0 saturated heterocycles. The van der Waals surface area contributed by atoms with Gasteiger partial charge in [0.25, 0.3) is 5.91 Å². The largest absolute Gasteiger partial charge is 0.459 e. The highest BCUT2D eigenvalue weighted by Crippen LogP contribution is 2.38.